The number of carbonyl (C=O) groups is 2. The number of benzene rings is 2. The number of carboxylic acid groups (broad SMARTS) is 1. The van der Waals surface area contributed by atoms with Gasteiger partial charge in [0.05, 0.1) is 12.3 Å². The highest BCUT2D eigenvalue weighted by molar-refractivity contribution is 6.31. The monoisotopic (exact) mass is 345 g/mol. The lowest BCUT2D eigenvalue weighted by Crippen LogP contribution is -2.29. The number of rotatable bonds is 6. The molecule has 0 bridgehead atoms. The summed E-state index contributed by atoms with van der Waals surface area (Å²) >= 11 is 6.07. The highest BCUT2D eigenvalue weighted by Gasteiger charge is 2.29. The van der Waals surface area contributed by atoms with Crippen LogP contribution in [0.1, 0.15) is 30.4 Å². The van der Waals surface area contributed by atoms with Crippen molar-refractivity contribution in [2.75, 3.05) is 5.32 Å². The van der Waals surface area contributed by atoms with Gasteiger partial charge < -0.3 is 10.4 Å². The SMILES string of the molecule is Cc1c(Cl)cccc1NC(=O)[C@H](CC(=O)O)[C@H](C)c1ccccc1. The Morgan fingerprint density at radius 1 is 1.12 bits per heavy atom. The van der Waals surface area contributed by atoms with Gasteiger partial charge in [0, 0.05) is 10.7 Å². The second-order valence-corrected chi connectivity index (χ2v) is 6.21. The fraction of sp³-hybridized carbons (Fsp3) is 0.263. The fourth-order valence-corrected chi connectivity index (χ4v) is 2.82. The molecule has 1 amide bonds. The highest BCUT2D eigenvalue weighted by Crippen LogP contribution is 2.29. The molecule has 0 aliphatic carbocycles. The van der Waals surface area contributed by atoms with Crippen molar-refractivity contribution < 1.29 is 14.7 Å². The summed E-state index contributed by atoms with van der Waals surface area (Å²) in [6.07, 6.45) is -0.235. The van der Waals surface area contributed by atoms with Gasteiger partial charge in [-0.15, -0.1) is 0 Å². The van der Waals surface area contributed by atoms with Gasteiger partial charge in [0.25, 0.3) is 0 Å². The maximum Gasteiger partial charge on any atom is 0.304 e. The lowest BCUT2D eigenvalue weighted by molar-refractivity contribution is -0.140. The lowest BCUT2D eigenvalue weighted by atomic mass is 9.84. The molecule has 2 atom stereocenters. The second kappa shape index (κ2) is 7.97. The van der Waals surface area contributed by atoms with Crippen LogP contribution in [0.3, 0.4) is 0 Å². The topological polar surface area (TPSA) is 66.4 Å². The molecule has 5 heteroatoms. The van der Waals surface area contributed by atoms with Crippen LogP contribution >= 0.6 is 11.6 Å². The van der Waals surface area contributed by atoms with Crippen molar-refractivity contribution in [2.24, 2.45) is 5.92 Å². The van der Waals surface area contributed by atoms with Gasteiger partial charge in [-0.1, -0.05) is 54.9 Å². The van der Waals surface area contributed by atoms with Gasteiger partial charge in [-0.2, -0.15) is 0 Å². The fourth-order valence-electron chi connectivity index (χ4n) is 2.64. The Labute approximate surface area is 146 Å². The number of hydrogen-bond acceptors (Lipinski definition) is 2. The first-order valence-electron chi connectivity index (χ1n) is 7.73. The first-order chi connectivity index (χ1) is 11.4. The number of nitrogens with one attached hydrogen (secondary N) is 1. The highest BCUT2D eigenvalue weighted by atomic mass is 35.5. The summed E-state index contributed by atoms with van der Waals surface area (Å²) in [4.78, 5) is 23.9. The third-order valence-corrected chi connectivity index (χ3v) is 4.60. The van der Waals surface area contributed by atoms with E-state index in [0.29, 0.717) is 10.7 Å². The quantitative estimate of drug-likeness (QED) is 0.811. The Balaban J connectivity index is 2.25. The molecular formula is C19H20ClNO3. The van der Waals surface area contributed by atoms with E-state index in [0.717, 1.165) is 11.1 Å². The number of amides is 1. The molecule has 0 saturated heterocycles. The van der Waals surface area contributed by atoms with Gasteiger partial charge in [0.15, 0.2) is 0 Å². The van der Waals surface area contributed by atoms with Gasteiger partial charge >= 0.3 is 5.97 Å². The van der Waals surface area contributed by atoms with Gasteiger partial charge in [0.1, 0.15) is 0 Å². The van der Waals surface area contributed by atoms with E-state index in [9.17, 15) is 14.7 Å². The van der Waals surface area contributed by atoms with Gasteiger partial charge in [-0.3, -0.25) is 9.59 Å². The van der Waals surface area contributed by atoms with E-state index in [1.807, 2.05) is 44.2 Å². The average Bonchev–Trinajstić information content (AvgIpc) is 2.56. The summed E-state index contributed by atoms with van der Waals surface area (Å²) in [5.41, 5.74) is 2.29. The van der Waals surface area contributed by atoms with Crippen molar-refractivity contribution in [1.82, 2.24) is 0 Å². The minimum absolute atomic E-state index is 0.221. The zero-order chi connectivity index (χ0) is 17.7. The summed E-state index contributed by atoms with van der Waals surface area (Å²) in [7, 11) is 0. The molecule has 0 radical (unpaired) electrons. The lowest BCUT2D eigenvalue weighted by Gasteiger charge is -2.23. The standard InChI is InChI=1S/C19H20ClNO3/c1-12(14-7-4-3-5-8-14)15(11-18(22)23)19(24)21-17-10-6-9-16(20)13(17)2/h3-10,12,15H,11H2,1-2H3,(H,21,24)(H,22,23)/t12-,15-/m1/s1. The molecule has 0 saturated carbocycles. The first kappa shape index (κ1) is 18.0. The van der Waals surface area contributed by atoms with E-state index in [4.69, 9.17) is 11.6 Å². The molecule has 4 nitrogen and oxygen atoms in total. The van der Waals surface area contributed by atoms with E-state index in [1.165, 1.54) is 0 Å². The van der Waals surface area contributed by atoms with E-state index >= 15 is 0 Å². The van der Waals surface area contributed by atoms with Gasteiger partial charge in [0.2, 0.25) is 5.91 Å². The molecule has 0 heterocycles. The molecule has 0 aromatic heterocycles. The minimum Gasteiger partial charge on any atom is -0.481 e. The number of carbonyl (C=O) groups excluding carboxylic acids is 1. The number of carboxylic acids is 1. The van der Waals surface area contributed by atoms with Crippen LogP contribution in [-0.4, -0.2) is 17.0 Å². The molecule has 0 unspecified atom stereocenters. The predicted molar refractivity (Wildman–Crippen MR) is 95.4 cm³/mol. The van der Waals surface area contributed by atoms with Crippen molar-refractivity contribution in [3.05, 3.63) is 64.7 Å². The van der Waals surface area contributed by atoms with Crippen molar-refractivity contribution >= 4 is 29.2 Å². The molecule has 0 spiro atoms. The van der Waals surface area contributed by atoms with Gasteiger partial charge in [-0.05, 0) is 36.1 Å². The van der Waals surface area contributed by atoms with Crippen LogP contribution in [0.4, 0.5) is 5.69 Å². The molecule has 0 aliphatic rings. The third kappa shape index (κ3) is 4.36. The molecule has 2 aromatic carbocycles. The van der Waals surface area contributed by atoms with Crippen LogP contribution in [0.25, 0.3) is 0 Å². The molecule has 126 valence electrons. The molecule has 0 fully saturated rings. The number of halogens is 1. The number of aliphatic carboxylic acids is 1. The zero-order valence-electron chi connectivity index (χ0n) is 13.6. The van der Waals surface area contributed by atoms with Crippen LogP contribution in [0.5, 0.6) is 0 Å². The Bertz CT molecular complexity index is 731. The van der Waals surface area contributed by atoms with Crippen molar-refractivity contribution in [2.45, 2.75) is 26.2 Å². The van der Waals surface area contributed by atoms with Gasteiger partial charge in [-0.25, -0.2) is 0 Å². The number of anilines is 1. The van der Waals surface area contributed by atoms with Crippen LogP contribution < -0.4 is 5.32 Å². The Hall–Kier alpha value is -2.33. The maximum atomic E-state index is 12.7. The largest absolute Gasteiger partial charge is 0.481 e. The maximum absolute atomic E-state index is 12.7. The molecule has 2 N–H and O–H groups in total. The molecule has 2 rings (SSSR count). The van der Waals surface area contributed by atoms with Crippen LogP contribution in [0.2, 0.25) is 5.02 Å². The normalized spacial score (nSPS) is 13.1. The van der Waals surface area contributed by atoms with E-state index in [-0.39, 0.29) is 18.2 Å². The smallest absolute Gasteiger partial charge is 0.304 e. The third-order valence-electron chi connectivity index (χ3n) is 4.19. The van der Waals surface area contributed by atoms with Crippen molar-refractivity contribution in [3.8, 4) is 0 Å². The summed E-state index contributed by atoms with van der Waals surface area (Å²) < 4.78 is 0. The first-order valence-corrected chi connectivity index (χ1v) is 8.10. The zero-order valence-corrected chi connectivity index (χ0v) is 14.4. The molecule has 2 aromatic rings. The van der Waals surface area contributed by atoms with E-state index in [2.05, 4.69) is 5.32 Å². The molecule has 24 heavy (non-hydrogen) atoms. The van der Waals surface area contributed by atoms with Crippen LogP contribution in [0.15, 0.2) is 48.5 Å². The van der Waals surface area contributed by atoms with Crippen molar-refractivity contribution in [1.29, 1.82) is 0 Å². The minimum atomic E-state index is -0.999. The predicted octanol–water partition coefficient (Wildman–Crippen LogP) is 4.48. The van der Waals surface area contributed by atoms with E-state index < -0.39 is 11.9 Å². The Kier molecular flexibility index (Phi) is 5.99. The van der Waals surface area contributed by atoms with Crippen molar-refractivity contribution in [3.63, 3.8) is 0 Å². The Morgan fingerprint density at radius 3 is 2.42 bits per heavy atom. The summed E-state index contributed by atoms with van der Waals surface area (Å²) in [6.45, 7) is 3.68. The second-order valence-electron chi connectivity index (χ2n) is 5.81. The summed E-state index contributed by atoms with van der Waals surface area (Å²) in [5, 5.41) is 12.6. The Morgan fingerprint density at radius 2 is 1.79 bits per heavy atom. The summed E-state index contributed by atoms with van der Waals surface area (Å²) in [6, 6.07) is 14.7. The molecule has 0 aliphatic heterocycles. The average molecular weight is 346 g/mol. The van der Waals surface area contributed by atoms with E-state index in [1.54, 1.807) is 18.2 Å². The molecular weight excluding hydrogens is 326 g/mol. The van der Waals surface area contributed by atoms with Crippen LogP contribution in [0, 0.1) is 12.8 Å². The number of hydrogen-bond donors (Lipinski definition) is 2. The summed E-state index contributed by atoms with van der Waals surface area (Å²) in [5.74, 6) is -2.22. The van der Waals surface area contributed by atoms with Crippen LogP contribution in [-0.2, 0) is 9.59 Å².